The first-order chi connectivity index (χ1) is 17.0. The van der Waals surface area contributed by atoms with E-state index in [0.29, 0.717) is 12.8 Å². The summed E-state index contributed by atoms with van der Waals surface area (Å²) in [5.41, 5.74) is 4.63. The highest BCUT2D eigenvalue weighted by molar-refractivity contribution is 5.81. The quantitative estimate of drug-likeness (QED) is 0.476. The number of methoxy groups -OCH3 is 1. The molecule has 2 amide bonds. The first kappa shape index (κ1) is 24.7. The van der Waals surface area contributed by atoms with Crippen molar-refractivity contribution < 1.29 is 33.7 Å². The van der Waals surface area contributed by atoms with Crippen molar-refractivity contribution in [3.8, 4) is 11.1 Å². The van der Waals surface area contributed by atoms with E-state index in [2.05, 4.69) is 34.9 Å². The second-order valence-electron chi connectivity index (χ2n) is 8.67. The number of hydrogen-bond donors (Lipinski definition) is 3. The fourth-order valence-corrected chi connectivity index (χ4v) is 4.68. The number of rotatable bonds is 10. The second kappa shape index (κ2) is 11.3. The topological polar surface area (TPSA) is 123 Å². The molecule has 1 saturated heterocycles. The van der Waals surface area contributed by atoms with E-state index in [9.17, 15) is 14.4 Å². The van der Waals surface area contributed by atoms with E-state index < -0.39 is 24.3 Å². The molecule has 0 saturated carbocycles. The fourth-order valence-electron chi connectivity index (χ4n) is 4.68. The smallest absolute Gasteiger partial charge is 0.407 e. The molecule has 3 unspecified atom stereocenters. The van der Waals surface area contributed by atoms with Crippen LogP contribution in [-0.4, -0.2) is 68.2 Å². The van der Waals surface area contributed by atoms with Crippen molar-refractivity contribution in [1.29, 1.82) is 0 Å². The Labute approximate surface area is 203 Å². The van der Waals surface area contributed by atoms with Crippen LogP contribution >= 0.6 is 0 Å². The number of alkyl carbamates (subject to hydrolysis) is 1. The maximum atomic E-state index is 12.4. The number of carboxylic acid groups (broad SMARTS) is 1. The summed E-state index contributed by atoms with van der Waals surface area (Å²) in [6, 6.07) is 16.3. The minimum absolute atomic E-state index is 0.0113. The van der Waals surface area contributed by atoms with Crippen LogP contribution in [0.2, 0.25) is 0 Å². The lowest BCUT2D eigenvalue weighted by atomic mass is 9.98. The van der Waals surface area contributed by atoms with Crippen molar-refractivity contribution in [3.63, 3.8) is 0 Å². The van der Waals surface area contributed by atoms with Gasteiger partial charge >= 0.3 is 12.1 Å². The highest BCUT2D eigenvalue weighted by Crippen LogP contribution is 2.44. The van der Waals surface area contributed by atoms with E-state index >= 15 is 0 Å². The van der Waals surface area contributed by atoms with Gasteiger partial charge < -0.3 is 30.0 Å². The third-order valence-corrected chi connectivity index (χ3v) is 6.48. The molecule has 1 heterocycles. The number of nitrogens with one attached hydrogen (secondary N) is 2. The molecular weight excluding hydrogens is 452 g/mol. The highest BCUT2D eigenvalue weighted by Gasteiger charge is 2.32. The van der Waals surface area contributed by atoms with Crippen LogP contribution < -0.4 is 10.6 Å². The van der Waals surface area contributed by atoms with Gasteiger partial charge in [0.05, 0.1) is 6.10 Å². The van der Waals surface area contributed by atoms with Crippen molar-refractivity contribution in [1.82, 2.24) is 10.6 Å². The lowest BCUT2D eigenvalue weighted by Gasteiger charge is -2.17. The molecule has 0 spiro atoms. The molecule has 1 aliphatic heterocycles. The minimum atomic E-state index is -1.07. The Bertz CT molecular complexity index is 1030. The van der Waals surface area contributed by atoms with E-state index in [1.807, 2.05) is 24.3 Å². The molecule has 1 fully saturated rings. The molecule has 0 aromatic heterocycles. The van der Waals surface area contributed by atoms with Gasteiger partial charge in [0.1, 0.15) is 12.7 Å². The van der Waals surface area contributed by atoms with Crippen LogP contribution in [0.5, 0.6) is 0 Å². The Kier molecular flexibility index (Phi) is 7.99. The predicted molar refractivity (Wildman–Crippen MR) is 127 cm³/mol. The number of hydrogen-bond acceptors (Lipinski definition) is 6. The molecule has 1 aliphatic carbocycles. The Morgan fingerprint density at radius 1 is 1.03 bits per heavy atom. The monoisotopic (exact) mass is 482 g/mol. The van der Waals surface area contributed by atoms with Gasteiger partial charge in [-0.05, 0) is 35.1 Å². The maximum absolute atomic E-state index is 12.4. The summed E-state index contributed by atoms with van der Waals surface area (Å²) in [4.78, 5) is 35.6. The predicted octanol–water partition coefficient (Wildman–Crippen LogP) is 2.68. The number of amides is 2. The normalized spacial score (nSPS) is 19.5. The second-order valence-corrected chi connectivity index (χ2v) is 8.67. The van der Waals surface area contributed by atoms with E-state index in [-0.39, 0.29) is 44.0 Å². The van der Waals surface area contributed by atoms with Gasteiger partial charge in [0.15, 0.2) is 6.10 Å². The molecule has 186 valence electrons. The molecule has 9 heteroatoms. The molecule has 4 rings (SSSR count). The molecule has 3 N–H and O–H groups in total. The lowest BCUT2D eigenvalue weighted by Crippen LogP contribution is -2.39. The molecule has 2 aliphatic rings. The Morgan fingerprint density at radius 3 is 2.31 bits per heavy atom. The minimum Gasteiger partial charge on any atom is -0.479 e. The van der Waals surface area contributed by atoms with Crippen molar-refractivity contribution in [2.45, 2.75) is 43.5 Å². The maximum Gasteiger partial charge on any atom is 0.407 e. The van der Waals surface area contributed by atoms with Gasteiger partial charge in [-0.2, -0.15) is 0 Å². The van der Waals surface area contributed by atoms with Crippen LogP contribution in [-0.2, 0) is 23.8 Å². The van der Waals surface area contributed by atoms with Gasteiger partial charge in [-0.15, -0.1) is 0 Å². The average molecular weight is 483 g/mol. The zero-order valence-electron chi connectivity index (χ0n) is 19.6. The van der Waals surface area contributed by atoms with Crippen LogP contribution in [0.3, 0.4) is 0 Å². The molecule has 3 atom stereocenters. The summed E-state index contributed by atoms with van der Waals surface area (Å²) in [5, 5.41) is 14.4. The summed E-state index contributed by atoms with van der Waals surface area (Å²) in [6.45, 7) is 0.645. The average Bonchev–Trinajstić information content (AvgIpc) is 3.47. The van der Waals surface area contributed by atoms with Crippen molar-refractivity contribution in [2.24, 2.45) is 0 Å². The molecular formula is C26H30N2O7. The van der Waals surface area contributed by atoms with Crippen LogP contribution in [0.25, 0.3) is 11.1 Å². The van der Waals surface area contributed by atoms with Gasteiger partial charge in [0.2, 0.25) is 5.91 Å². The Balaban J connectivity index is 1.19. The van der Waals surface area contributed by atoms with E-state index in [4.69, 9.17) is 19.3 Å². The Morgan fingerprint density at radius 2 is 1.69 bits per heavy atom. The van der Waals surface area contributed by atoms with Gasteiger partial charge in [-0.3, -0.25) is 4.79 Å². The van der Waals surface area contributed by atoms with Gasteiger partial charge in [-0.1, -0.05) is 48.5 Å². The molecule has 35 heavy (non-hydrogen) atoms. The van der Waals surface area contributed by atoms with E-state index in [1.165, 1.54) is 18.2 Å². The first-order valence-electron chi connectivity index (χ1n) is 11.8. The van der Waals surface area contributed by atoms with Gasteiger partial charge in [0, 0.05) is 32.5 Å². The SMILES string of the molecule is COC(CCNC(=O)C1CCC(CNC(=O)OCC2c3ccccc3-c3ccccc32)O1)C(=O)O. The van der Waals surface area contributed by atoms with Crippen LogP contribution in [0.15, 0.2) is 48.5 Å². The molecule has 2 aromatic rings. The fraction of sp³-hybridized carbons (Fsp3) is 0.423. The third kappa shape index (κ3) is 5.80. The molecule has 0 bridgehead atoms. The number of fused-ring (bicyclic) bond motifs is 3. The summed E-state index contributed by atoms with van der Waals surface area (Å²) in [5.74, 6) is -1.38. The van der Waals surface area contributed by atoms with Gasteiger partial charge in [0.25, 0.3) is 0 Å². The number of benzene rings is 2. The molecule has 9 nitrogen and oxygen atoms in total. The standard InChI is InChI=1S/C26H30N2O7/c1-33-23(25(30)31)12-13-27-24(29)22-11-10-16(35-22)14-28-26(32)34-15-21-19-8-4-2-6-17(19)18-7-3-5-9-20(18)21/h2-9,16,21-23H,10-15H2,1H3,(H,27,29)(H,28,32)(H,30,31). The number of aliphatic carboxylic acids is 1. The van der Waals surface area contributed by atoms with Crippen molar-refractivity contribution in [2.75, 3.05) is 26.8 Å². The zero-order valence-corrected chi connectivity index (χ0v) is 19.6. The summed E-state index contributed by atoms with van der Waals surface area (Å²) < 4.78 is 16.1. The summed E-state index contributed by atoms with van der Waals surface area (Å²) in [7, 11) is 1.31. The number of carbonyl (C=O) groups is 3. The van der Waals surface area contributed by atoms with Gasteiger partial charge in [-0.25, -0.2) is 9.59 Å². The Hall–Kier alpha value is -3.43. The van der Waals surface area contributed by atoms with Crippen molar-refractivity contribution in [3.05, 3.63) is 59.7 Å². The lowest BCUT2D eigenvalue weighted by molar-refractivity contribution is -0.149. The number of carbonyl (C=O) groups excluding carboxylic acids is 2. The van der Waals surface area contributed by atoms with Crippen LogP contribution in [0.4, 0.5) is 4.79 Å². The largest absolute Gasteiger partial charge is 0.479 e. The highest BCUT2D eigenvalue weighted by atomic mass is 16.6. The summed E-state index contributed by atoms with van der Waals surface area (Å²) in [6.07, 6.45) is -1.10. The number of carboxylic acids is 1. The van der Waals surface area contributed by atoms with E-state index in [0.717, 1.165) is 11.1 Å². The zero-order chi connectivity index (χ0) is 24.8. The van der Waals surface area contributed by atoms with Crippen molar-refractivity contribution >= 4 is 18.0 Å². The van der Waals surface area contributed by atoms with Crippen LogP contribution in [0.1, 0.15) is 36.3 Å². The molecule has 2 aromatic carbocycles. The number of ether oxygens (including phenoxy) is 3. The first-order valence-corrected chi connectivity index (χ1v) is 11.8. The van der Waals surface area contributed by atoms with Crippen LogP contribution in [0, 0.1) is 0 Å². The van der Waals surface area contributed by atoms with E-state index in [1.54, 1.807) is 0 Å². The molecule has 0 radical (unpaired) electrons. The third-order valence-electron chi connectivity index (χ3n) is 6.48. The summed E-state index contributed by atoms with van der Waals surface area (Å²) >= 11 is 0.